The number of esters is 1. The van der Waals surface area contributed by atoms with E-state index in [9.17, 15) is 9.59 Å². The van der Waals surface area contributed by atoms with Gasteiger partial charge in [0.2, 0.25) is 0 Å². The Morgan fingerprint density at radius 1 is 1.08 bits per heavy atom. The van der Waals surface area contributed by atoms with Crippen LogP contribution in [0.4, 0.5) is 4.79 Å². The molecule has 25 heavy (non-hydrogen) atoms. The Labute approximate surface area is 150 Å². The second-order valence-corrected chi connectivity index (χ2v) is 8.95. The first-order chi connectivity index (χ1) is 11.7. The molecular formula is C19H32N2O4. The summed E-state index contributed by atoms with van der Waals surface area (Å²) < 4.78 is 10.4. The van der Waals surface area contributed by atoms with Crippen molar-refractivity contribution >= 4 is 12.1 Å². The quantitative estimate of drug-likeness (QED) is 0.715. The molecule has 2 saturated heterocycles. The maximum atomic E-state index is 12.2. The Balaban J connectivity index is 1.48. The molecule has 1 atom stereocenters. The summed E-state index contributed by atoms with van der Waals surface area (Å²) in [5.74, 6) is -0.0850. The van der Waals surface area contributed by atoms with Crippen molar-refractivity contribution in [3.8, 4) is 0 Å². The highest BCUT2D eigenvalue weighted by atomic mass is 16.6. The fourth-order valence-electron chi connectivity index (χ4n) is 4.69. The van der Waals surface area contributed by atoms with Gasteiger partial charge in [-0.3, -0.25) is 9.69 Å². The minimum Gasteiger partial charge on any atom is -0.468 e. The van der Waals surface area contributed by atoms with E-state index < -0.39 is 5.60 Å². The van der Waals surface area contributed by atoms with Crippen LogP contribution in [-0.4, -0.2) is 66.3 Å². The molecule has 0 aromatic rings. The van der Waals surface area contributed by atoms with Crippen LogP contribution in [0.1, 0.15) is 59.3 Å². The molecule has 3 fully saturated rings. The molecule has 0 unspecified atom stereocenters. The van der Waals surface area contributed by atoms with Gasteiger partial charge in [0.05, 0.1) is 7.11 Å². The lowest BCUT2D eigenvalue weighted by Crippen LogP contribution is -2.57. The normalized spacial score (nSPS) is 27.2. The van der Waals surface area contributed by atoms with E-state index in [2.05, 4.69) is 4.90 Å². The van der Waals surface area contributed by atoms with E-state index in [-0.39, 0.29) is 18.1 Å². The first kappa shape index (κ1) is 18.5. The predicted octanol–water partition coefficient (Wildman–Crippen LogP) is 2.80. The van der Waals surface area contributed by atoms with E-state index in [1.807, 2.05) is 25.7 Å². The number of amides is 1. The van der Waals surface area contributed by atoms with Crippen molar-refractivity contribution in [2.75, 3.05) is 26.7 Å². The summed E-state index contributed by atoms with van der Waals surface area (Å²) in [5, 5.41) is 0. The van der Waals surface area contributed by atoms with Gasteiger partial charge in [0, 0.05) is 19.1 Å². The molecule has 3 rings (SSSR count). The number of ether oxygens (including phenoxy) is 2. The minimum atomic E-state index is -0.438. The predicted molar refractivity (Wildman–Crippen MR) is 94.2 cm³/mol. The SMILES string of the molecule is COC(=O)[C@H]1CCCN1C1CC2(CCN(C(=O)OC(C)(C)C)CC2)C1. The molecule has 1 amide bonds. The lowest BCUT2D eigenvalue weighted by atomic mass is 9.60. The zero-order valence-corrected chi connectivity index (χ0v) is 16.0. The standard InChI is InChI=1S/C19H32N2O4/c1-18(2,3)25-17(23)20-10-7-19(8-11-20)12-14(13-19)21-9-5-6-15(21)16(22)24-4/h14-15H,5-13H2,1-4H3/t15-/m1/s1. The summed E-state index contributed by atoms with van der Waals surface area (Å²) in [6.07, 6.45) is 6.17. The molecule has 0 N–H and O–H groups in total. The van der Waals surface area contributed by atoms with Gasteiger partial charge in [-0.25, -0.2) is 4.79 Å². The first-order valence-corrected chi connectivity index (χ1v) is 9.55. The fourth-order valence-corrected chi connectivity index (χ4v) is 4.69. The minimum absolute atomic E-state index is 0.0470. The van der Waals surface area contributed by atoms with E-state index in [0.29, 0.717) is 11.5 Å². The van der Waals surface area contributed by atoms with Crippen LogP contribution in [0.15, 0.2) is 0 Å². The van der Waals surface area contributed by atoms with Crippen LogP contribution in [0, 0.1) is 5.41 Å². The lowest BCUT2D eigenvalue weighted by molar-refractivity contribution is -0.149. The fraction of sp³-hybridized carbons (Fsp3) is 0.895. The number of carbonyl (C=O) groups is 2. The molecule has 6 heteroatoms. The smallest absolute Gasteiger partial charge is 0.410 e. The molecule has 0 aromatic carbocycles. The molecule has 0 bridgehead atoms. The first-order valence-electron chi connectivity index (χ1n) is 9.55. The average molecular weight is 352 g/mol. The Hall–Kier alpha value is -1.30. The monoisotopic (exact) mass is 352 g/mol. The van der Waals surface area contributed by atoms with Gasteiger partial charge in [-0.2, -0.15) is 0 Å². The van der Waals surface area contributed by atoms with Crippen LogP contribution >= 0.6 is 0 Å². The summed E-state index contributed by atoms with van der Waals surface area (Å²) >= 11 is 0. The van der Waals surface area contributed by atoms with Crippen molar-refractivity contribution in [2.45, 2.75) is 77.0 Å². The Morgan fingerprint density at radius 3 is 2.28 bits per heavy atom. The second kappa shape index (κ2) is 6.78. The molecule has 3 aliphatic rings. The van der Waals surface area contributed by atoms with E-state index in [1.54, 1.807) is 0 Å². The van der Waals surface area contributed by atoms with E-state index in [4.69, 9.17) is 9.47 Å². The number of rotatable bonds is 2. The molecule has 0 radical (unpaired) electrons. The van der Waals surface area contributed by atoms with Gasteiger partial charge in [-0.15, -0.1) is 0 Å². The zero-order chi connectivity index (χ0) is 18.2. The number of nitrogens with zero attached hydrogens (tertiary/aromatic N) is 2. The molecule has 6 nitrogen and oxygen atoms in total. The largest absolute Gasteiger partial charge is 0.468 e. The molecule has 0 aromatic heterocycles. The Kier molecular flexibility index (Phi) is 5.02. The second-order valence-electron chi connectivity index (χ2n) is 8.95. The molecule has 2 aliphatic heterocycles. The summed E-state index contributed by atoms with van der Waals surface area (Å²) in [6.45, 7) is 8.27. The van der Waals surface area contributed by atoms with E-state index in [0.717, 1.165) is 58.2 Å². The molecule has 142 valence electrons. The van der Waals surface area contributed by atoms with Gasteiger partial charge in [0.15, 0.2) is 0 Å². The Bertz CT molecular complexity index is 512. The highest BCUT2D eigenvalue weighted by molar-refractivity contribution is 5.76. The van der Waals surface area contributed by atoms with Gasteiger partial charge in [0.1, 0.15) is 11.6 Å². The molecular weight excluding hydrogens is 320 g/mol. The van der Waals surface area contributed by atoms with Gasteiger partial charge in [0.25, 0.3) is 0 Å². The van der Waals surface area contributed by atoms with Crippen molar-refractivity contribution in [1.82, 2.24) is 9.80 Å². The summed E-state index contributed by atoms with van der Waals surface area (Å²) in [5.41, 5.74) is -0.0845. The Morgan fingerprint density at radius 2 is 1.72 bits per heavy atom. The number of hydrogen-bond acceptors (Lipinski definition) is 5. The summed E-state index contributed by atoms with van der Waals surface area (Å²) in [4.78, 5) is 28.3. The maximum Gasteiger partial charge on any atom is 0.410 e. The van der Waals surface area contributed by atoms with Crippen LogP contribution in [0.25, 0.3) is 0 Å². The summed E-state index contributed by atoms with van der Waals surface area (Å²) in [7, 11) is 1.48. The maximum absolute atomic E-state index is 12.2. The molecule has 1 saturated carbocycles. The van der Waals surface area contributed by atoms with Crippen LogP contribution in [0.5, 0.6) is 0 Å². The average Bonchev–Trinajstić information content (AvgIpc) is 2.99. The number of piperidine rings is 1. The van der Waals surface area contributed by atoms with Gasteiger partial charge in [-0.1, -0.05) is 0 Å². The molecule has 1 aliphatic carbocycles. The number of hydrogen-bond donors (Lipinski definition) is 0. The van der Waals surface area contributed by atoms with E-state index in [1.165, 1.54) is 7.11 Å². The number of carbonyl (C=O) groups excluding carboxylic acids is 2. The highest BCUT2D eigenvalue weighted by Gasteiger charge is 2.51. The van der Waals surface area contributed by atoms with E-state index >= 15 is 0 Å². The van der Waals surface area contributed by atoms with Gasteiger partial charge >= 0.3 is 12.1 Å². The highest BCUT2D eigenvalue weighted by Crippen LogP contribution is 2.52. The van der Waals surface area contributed by atoms with Crippen molar-refractivity contribution in [1.29, 1.82) is 0 Å². The molecule has 2 heterocycles. The van der Waals surface area contributed by atoms with Crippen LogP contribution in [0.2, 0.25) is 0 Å². The third kappa shape index (κ3) is 3.94. The van der Waals surface area contributed by atoms with Crippen LogP contribution < -0.4 is 0 Å². The van der Waals surface area contributed by atoms with Crippen LogP contribution in [-0.2, 0) is 14.3 Å². The molecule has 1 spiro atoms. The van der Waals surface area contributed by atoms with Crippen LogP contribution in [0.3, 0.4) is 0 Å². The van der Waals surface area contributed by atoms with Crippen molar-refractivity contribution < 1.29 is 19.1 Å². The zero-order valence-electron chi connectivity index (χ0n) is 16.0. The lowest BCUT2D eigenvalue weighted by Gasteiger charge is -2.55. The number of likely N-dealkylation sites (tertiary alicyclic amines) is 2. The number of methoxy groups -OCH3 is 1. The van der Waals surface area contributed by atoms with Crippen molar-refractivity contribution in [3.63, 3.8) is 0 Å². The van der Waals surface area contributed by atoms with Gasteiger partial charge in [-0.05, 0) is 71.3 Å². The van der Waals surface area contributed by atoms with Crippen molar-refractivity contribution in [2.24, 2.45) is 5.41 Å². The third-order valence-corrected chi connectivity index (χ3v) is 6.05. The third-order valence-electron chi connectivity index (χ3n) is 6.05. The summed E-state index contributed by atoms with van der Waals surface area (Å²) in [6, 6.07) is 0.453. The topological polar surface area (TPSA) is 59.1 Å². The van der Waals surface area contributed by atoms with Crippen molar-refractivity contribution in [3.05, 3.63) is 0 Å². The van der Waals surface area contributed by atoms with Gasteiger partial charge < -0.3 is 14.4 Å².